The predicted molar refractivity (Wildman–Crippen MR) is 50.3 cm³/mol. The molecule has 1 aliphatic rings. The Morgan fingerprint density at radius 2 is 1.92 bits per heavy atom. The molecule has 78 valence electrons. The fraction of sp³-hybridized carbons (Fsp3) is 0.889. The second kappa shape index (κ2) is 6.71. The molecule has 0 aromatic carbocycles. The van der Waals surface area contributed by atoms with Crippen molar-refractivity contribution in [1.82, 2.24) is 0 Å². The first-order valence-corrected chi connectivity index (χ1v) is 4.66. The van der Waals surface area contributed by atoms with Crippen molar-refractivity contribution in [2.45, 2.75) is 51.7 Å². The quantitative estimate of drug-likeness (QED) is 0.655. The van der Waals surface area contributed by atoms with Crippen LogP contribution < -0.4 is 5.73 Å². The molecule has 0 heterocycles. The minimum atomic E-state index is -0.713. The van der Waals surface area contributed by atoms with Crippen LogP contribution in [0.2, 0.25) is 0 Å². The van der Waals surface area contributed by atoms with Crippen LogP contribution in [0.1, 0.15) is 39.5 Å². The zero-order valence-electron chi connectivity index (χ0n) is 8.32. The molecule has 4 heteroatoms. The van der Waals surface area contributed by atoms with E-state index in [9.17, 15) is 4.79 Å². The molecule has 0 aromatic rings. The first kappa shape index (κ1) is 12.2. The van der Waals surface area contributed by atoms with E-state index in [-0.39, 0.29) is 12.2 Å². The summed E-state index contributed by atoms with van der Waals surface area (Å²) in [5.74, 6) is 0. The average Bonchev–Trinajstić information content (AvgIpc) is 2.37. The highest BCUT2D eigenvalue weighted by Gasteiger charge is 2.09. The van der Waals surface area contributed by atoms with Gasteiger partial charge in [-0.25, -0.2) is 4.79 Å². The molecule has 0 bridgehead atoms. The Labute approximate surface area is 79.1 Å². The topological polar surface area (TPSA) is 72.5 Å². The van der Waals surface area contributed by atoms with Crippen LogP contribution in [0.4, 0.5) is 4.79 Å². The minimum absolute atomic E-state index is 0.0463. The molecule has 1 aliphatic carbocycles. The lowest BCUT2D eigenvalue weighted by atomic mass is 10.3. The Balaban J connectivity index is 0.000000223. The molecule has 0 aromatic heterocycles. The van der Waals surface area contributed by atoms with Crippen LogP contribution in [-0.4, -0.2) is 23.4 Å². The summed E-state index contributed by atoms with van der Waals surface area (Å²) < 4.78 is 4.39. The molecule has 1 amide bonds. The number of rotatable bonds is 1. The molecule has 1 fully saturated rings. The largest absolute Gasteiger partial charge is 0.447 e. The van der Waals surface area contributed by atoms with Gasteiger partial charge >= 0.3 is 6.09 Å². The molecule has 0 atom stereocenters. The van der Waals surface area contributed by atoms with Gasteiger partial charge in [0.25, 0.3) is 0 Å². The third-order valence-corrected chi connectivity index (χ3v) is 1.68. The molecule has 0 unspecified atom stereocenters. The van der Waals surface area contributed by atoms with Gasteiger partial charge in [-0.2, -0.15) is 0 Å². The summed E-state index contributed by atoms with van der Waals surface area (Å²) in [5, 5.41) is 8.73. The van der Waals surface area contributed by atoms with Gasteiger partial charge in [0, 0.05) is 0 Å². The normalized spacial score (nSPS) is 16.6. The fourth-order valence-electron chi connectivity index (χ4n) is 1.14. The van der Waals surface area contributed by atoms with Crippen LogP contribution in [0.3, 0.4) is 0 Å². The van der Waals surface area contributed by atoms with E-state index in [0.29, 0.717) is 0 Å². The van der Waals surface area contributed by atoms with Crippen LogP contribution >= 0.6 is 0 Å². The van der Waals surface area contributed by atoms with Gasteiger partial charge < -0.3 is 15.6 Å². The Morgan fingerprint density at radius 1 is 1.46 bits per heavy atom. The second-order valence-electron chi connectivity index (χ2n) is 3.42. The Morgan fingerprint density at radius 3 is 2.00 bits per heavy atom. The van der Waals surface area contributed by atoms with Crippen molar-refractivity contribution in [1.29, 1.82) is 0 Å². The van der Waals surface area contributed by atoms with Gasteiger partial charge in [-0.15, -0.1) is 0 Å². The van der Waals surface area contributed by atoms with E-state index in [1.54, 1.807) is 13.8 Å². The standard InChI is InChI=1S/C5H10O.C4H9NO2/c6-5-3-1-2-4-5;1-3(2)7-4(5)6/h5-6H,1-4H2;3H,1-2H3,(H2,5,6). The van der Waals surface area contributed by atoms with Crippen molar-refractivity contribution in [3.8, 4) is 0 Å². The van der Waals surface area contributed by atoms with E-state index < -0.39 is 6.09 Å². The number of aliphatic hydroxyl groups excluding tert-OH is 1. The fourth-order valence-corrected chi connectivity index (χ4v) is 1.14. The Bertz CT molecular complexity index is 142. The number of hydrogen-bond acceptors (Lipinski definition) is 3. The molecule has 1 saturated carbocycles. The van der Waals surface area contributed by atoms with Crippen LogP contribution in [0.25, 0.3) is 0 Å². The number of nitrogens with two attached hydrogens (primary N) is 1. The minimum Gasteiger partial charge on any atom is -0.447 e. The monoisotopic (exact) mass is 189 g/mol. The van der Waals surface area contributed by atoms with Gasteiger partial charge in [-0.3, -0.25) is 0 Å². The van der Waals surface area contributed by atoms with Crippen molar-refractivity contribution in [2.24, 2.45) is 5.73 Å². The number of carbonyl (C=O) groups is 1. The number of aliphatic hydroxyl groups is 1. The number of primary amides is 1. The zero-order valence-corrected chi connectivity index (χ0v) is 8.32. The van der Waals surface area contributed by atoms with Crippen molar-refractivity contribution >= 4 is 6.09 Å². The van der Waals surface area contributed by atoms with E-state index in [1.807, 2.05) is 0 Å². The van der Waals surface area contributed by atoms with Crippen LogP contribution in [-0.2, 0) is 4.74 Å². The molecule has 1 rings (SSSR count). The van der Waals surface area contributed by atoms with Gasteiger partial charge in [0.05, 0.1) is 12.2 Å². The van der Waals surface area contributed by atoms with E-state index in [1.165, 1.54) is 12.8 Å². The molecule has 13 heavy (non-hydrogen) atoms. The Kier molecular flexibility index (Phi) is 6.32. The highest BCUT2D eigenvalue weighted by Crippen LogP contribution is 2.16. The molecule has 0 saturated heterocycles. The predicted octanol–water partition coefficient (Wildman–Crippen LogP) is 1.41. The van der Waals surface area contributed by atoms with Gasteiger partial charge in [0.15, 0.2) is 0 Å². The lowest BCUT2D eigenvalue weighted by Crippen LogP contribution is -2.17. The van der Waals surface area contributed by atoms with Crippen LogP contribution in [0.15, 0.2) is 0 Å². The van der Waals surface area contributed by atoms with E-state index in [0.717, 1.165) is 12.8 Å². The van der Waals surface area contributed by atoms with Crippen molar-refractivity contribution in [2.75, 3.05) is 0 Å². The van der Waals surface area contributed by atoms with E-state index in [2.05, 4.69) is 10.5 Å². The summed E-state index contributed by atoms with van der Waals surface area (Å²) in [6, 6.07) is 0. The maximum atomic E-state index is 9.81. The maximum Gasteiger partial charge on any atom is 0.404 e. The van der Waals surface area contributed by atoms with Gasteiger partial charge in [0.1, 0.15) is 0 Å². The molecule has 0 aliphatic heterocycles. The summed E-state index contributed by atoms with van der Waals surface area (Å²) in [6.07, 6.45) is 3.79. The van der Waals surface area contributed by atoms with E-state index in [4.69, 9.17) is 5.11 Å². The molecule has 3 N–H and O–H groups in total. The number of hydrogen-bond donors (Lipinski definition) is 2. The number of amides is 1. The van der Waals surface area contributed by atoms with Crippen LogP contribution in [0.5, 0.6) is 0 Å². The third-order valence-electron chi connectivity index (χ3n) is 1.68. The number of ether oxygens (including phenoxy) is 1. The number of carbonyl (C=O) groups excluding carboxylic acids is 1. The highest BCUT2D eigenvalue weighted by molar-refractivity contribution is 5.64. The maximum absolute atomic E-state index is 9.81. The summed E-state index contributed by atoms with van der Waals surface area (Å²) in [6.45, 7) is 3.48. The second-order valence-corrected chi connectivity index (χ2v) is 3.42. The first-order valence-electron chi connectivity index (χ1n) is 4.66. The summed E-state index contributed by atoms with van der Waals surface area (Å²) in [7, 11) is 0. The lowest BCUT2D eigenvalue weighted by Gasteiger charge is -2.01. The summed E-state index contributed by atoms with van der Waals surface area (Å²) in [5.41, 5.74) is 4.63. The van der Waals surface area contributed by atoms with Crippen molar-refractivity contribution < 1.29 is 14.6 Å². The van der Waals surface area contributed by atoms with Crippen molar-refractivity contribution in [3.63, 3.8) is 0 Å². The third kappa shape index (κ3) is 9.14. The molecule has 0 spiro atoms. The van der Waals surface area contributed by atoms with Gasteiger partial charge in [0.2, 0.25) is 0 Å². The molecular weight excluding hydrogens is 170 g/mol. The van der Waals surface area contributed by atoms with Gasteiger partial charge in [-0.1, -0.05) is 12.8 Å². The average molecular weight is 189 g/mol. The van der Waals surface area contributed by atoms with Crippen molar-refractivity contribution in [3.05, 3.63) is 0 Å². The van der Waals surface area contributed by atoms with Gasteiger partial charge in [-0.05, 0) is 26.7 Å². The zero-order chi connectivity index (χ0) is 10.3. The van der Waals surface area contributed by atoms with E-state index >= 15 is 0 Å². The molecule has 0 radical (unpaired) electrons. The summed E-state index contributed by atoms with van der Waals surface area (Å²) in [4.78, 5) is 9.81. The first-order chi connectivity index (χ1) is 6.02. The molecular formula is C9H19NO3. The smallest absolute Gasteiger partial charge is 0.404 e. The highest BCUT2D eigenvalue weighted by atomic mass is 16.6. The SMILES string of the molecule is CC(C)OC(N)=O.OC1CCCC1. The molecule has 4 nitrogen and oxygen atoms in total. The Hall–Kier alpha value is -0.770. The van der Waals surface area contributed by atoms with Crippen LogP contribution in [0, 0.1) is 0 Å². The summed E-state index contributed by atoms with van der Waals surface area (Å²) >= 11 is 0. The lowest BCUT2D eigenvalue weighted by molar-refractivity contribution is 0.125.